The van der Waals surface area contributed by atoms with Gasteiger partial charge in [-0.25, -0.2) is 4.90 Å². The molecule has 1 fully saturated rings. The van der Waals surface area contributed by atoms with Crippen molar-refractivity contribution in [2.45, 2.75) is 25.8 Å². The second kappa shape index (κ2) is 7.18. The second-order valence-electron chi connectivity index (χ2n) is 6.87. The number of amides is 2. The fourth-order valence-corrected chi connectivity index (χ4v) is 3.66. The lowest BCUT2D eigenvalue weighted by molar-refractivity contribution is -0.121. The predicted molar refractivity (Wildman–Crippen MR) is 107 cm³/mol. The normalized spacial score (nSPS) is 17.3. The molecule has 0 radical (unpaired) electrons. The Kier molecular flexibility index (Phi) is 4.72. The first kappa shape index (κ1) is 17.8. The van der Waals surface area contributed by atoms with Crippen molar-refractivity contribution in [3.63, 3.8) is 0 Å². The van der Waals surface area contributed by atoms with Crippen LogP contribution in [0.5, 0.6) is 0 Å². The van der Waals surface area contributed by atoms with E-state index < -0.39 is 6.04 Å². The van der Waals surface area contributed by atoms with Gasteiger partial charge < -0.3 is 10.3 Å². The number of H-pyrrole nitrogens is 1. The molecule has 2 aromatic carbocycles. The molecule has 0 spiro atoms. The van der Waals surface area contributed by atoms with E-state index in [0.29, 0.717) is 17.3 Å². The number of nitrogens with zero attached hydrogens (tertiary/aromatic N) is 1. The Bertz CT molecular complexity index is 1010. The van der Waals surface area contributed by atoms with Crippen LogP contribution in [0.3, 0.4) is 0 Å². The summed E-state index contributed by atoms with van der Waals surface area (Å²) in [4.78, 5) is 29.5. The number of imide groups is 1. The summed E-state index contributed by atoms with van der Waals surface area (Å²) < 4.78 is 0. The van der Waals surface area contributed by atoms with Gasteiger partial charge in [-0.1, -0.05) is 23.2 Å². The highest BCUT2D eigenvalue weighted by Crippen LogP contribution is 2.25. The van der Waals surface area contributed by atoms with Gasteiger partial charge in [-0.15, -0.1) is 0 Å². The lowest BCUT2D eigenvalue weighted by Gasteiger charge is -2.15. The van der Waals surface area contributed by atoms with E-state index in [0.717, 1.165) is 11.9 Å². The number of aromatic amines is 1. The Labute approximate surface area is 162 Å². The van der Waals surface area contributed by atoms with Crippen molar-refractivity contribution in [3.8, 4) is 0 Å². The first-order valence-corrected chi connectivity index (χ1v) is 9.33. The smallest absolute Gasteiger partial charge is 0.251 e. The summed E-state index contributed by atoms with van der Waals surface area (Å²) in [6, 6.07) is 12.6. The molecule has 0 unspecified atom stereocenters. The molecule has 27 heavy (non-hydrogen) atoms. The molecular weight excluding hydrogens is 362 g/mol. The molecule has 4 rings (SSSR count). The number of halogens is 1. The zero-order chi connectivity index (χ0) is 19.0. The Morgan fingerprint density at radius 3 is 2.74 bits per heavy atom. The van der Waals surface area contributed by atoms with E-state index in [1.807, 2.05) is 6.20 Å². The van der Waals surface area contributed by atoms with E-state index in [1.165, 1.54) is 21.4 Å². The molecule has 2 heterocycles. The predicted octanol–water partition coefficient (Wildman–Crippen LogP) is 3.59. The number of carbonyl (C=O) groups excluding carboxylic acids is 2. The van der Waals surface area contributed by atoms with E-state index in [9.17, 15) is 9.59 Å². The van der Waals surface area contributed by atoms with E-state index in [2.05, 4.69) is 35.4 Å². The standard InChI is InChI=1S/C21H20ClN3O2/c1-13-2-7-18-17(10-13)14(12-24-18)8-9-23-19-11-20(26)25(21(19)27)16-5-3-15(22)4-6-16/h2-7,10,12,19,23-24H,8-9,11H2,1H3/t19-/m0/s1. The van der Waals surface area contributed by atoms with Crippen LogP contribution in [0.1, 0.15) is 17.5 Å². The first-order valence-electron chi connectivity index (χ1n) is 8.95. The molecule has 5 nitrogen and oxygen atoms in total. The zero-order valence-corrected chi connectivity index (χ0v) is 15.7. The highest BCUT2D eigenvalue weighted by Gasteiger charge is 2.39. The van der Waals surface area contributed by atoms with Crippen molar-refractivity contribution < 1.29 is 9.59 Å². The van der Waals surface area contributed by atoms with E-state index in [4.69, 9.17) is 11.6 Å². The summed E-state index contributed by atoms with van der Waals surface area (Å²) in [7, 11) is 0. The van der Waals surface area contributed by atoms with Crippen molar-refractivity contribution >= 4 is 40.0 Å². The maximum atomic E-state index is 12.7. The number of benzene rings is 2. The van der Waals surface area contributed by atoms with Crippen LogP contribution in [0.2, 0.25) is 5.02 Å². The Morgan fingerprint density at radius 1 is 1.19 bits per heavy atom. The fourth-order valence-electron chi connectivity index (χ4n) is 3.53. The number of hydrogen-bond donors (Lipinski definition) is 2. The number of rotatable bonds is 5. The number of fused-ring (bicyclic) bond motifs is 1. The van der Waals surface area contributed by atoms with Gasteiger partial charge in [-0.2, -0.15) is 0 Å². The molecule has 2 N–H and O–H groups in total. The maximum Gasteiger partial charge on any atom is 0.251 e. The number of anilines is 1. The van der Waals surface area contributed by atoms with Crippen LogP contribution < -0.4 is 10.2 Å². The average molecular weight is 382 g/mol. The van der Waals surface area contributed by atoms with Crippen LogP contribution >= 0.6 is 11.6 Å². The van der Waals surface area contributed by atoms with E-state index >= 15 is 0 Å². The van der Waals surface area contributed by atoms with Gasteiger partial charge in [0.2, 0.25) is 5.91 Å². The van der Waals surface area contributed by atoms with Crippen molar-refractivity contribution in [3.05, 3.63) is 64.8 Å². The van der Waals surface area contributed by atoms with Gasteiger partial charge in [-0.3, -0.25) is 9.59 Å². The molecule has 138 valence electrons. The molecule has 0 bridgehead atoms. The van der Waals surface area contributed by atoms with Crippen LogP contribution in [-0.2, 0) is 16.0 Å². The van der Waals surface area contributed by atoms with Gasteiger partial charge in [0.15, 0.2) is 0 Å². The molecular formula is C21H20ClN3O2. The van der Waals surface area contributed by atoms with Crippen LogP contribution in [0.25, 0.3) is 10.9 Å². The number of nitrogens with one attached hydrogen (secondary N) is 2. The number of hydrogen-bond acceptors (Lipinski definition) is 3. The van der Waals surface area contributed by atoms with Crippen LogP contribution in [0, 0.1) is 6.92 Å². The number of aromatic nitrogens is 1. The van der Waals surface area contributed by atoms with Crippen LogP contribution in [0.4, 0.5) is 5.69 Å². The van der Waals surface area contributed by atoms with Crippen molar-refractivity contribution in [1.82, 2.24) is 10.3 Å². The lowest BCUT2D eigenvalue weighted by atomic mass is 10.1. The zero-order valence-electron chi connectivity index (χ0n) is 15.0. The van der Waals surface area contributed by atoms with Gasteiger partial charge in [0.05, 0.1) is 18.2 Å². The topological polar surface area (TPSA) is 65.2 Å². The van der Waals surface area contributed by atoms with Crippen molar-refractivity contribution in [2.75, 3.05) is 11.4 Å². The summed E-state index contributed by atoms with van der Waals surface area (Å²) in [5.41, 5.74) is 4.08. The second-order valence-corrected chi connectivity index (χ2v) is 7.30. The summed E-state index contributed by atoms with van der Waals surface area (Å²) in [6.45, 7) is 2.70. The summed E-state index contributed by atoms with van der Waals surface area (Å²) in [5.74, 6) is -0.403. The minimum atomic E-state index is -0.486. The fraction of sp³-hybridized carbons (Fsp3) is 0.238. The van der Waals surface area contributed by atoms with Gasteiger partial charge in [0, 0.05) is 28.7 Å². The van der Waals surface area contributed by atoms with Crippen LogP contribution in [-0.4, -0.2) is 29.4 Å². The summed E-state index contributed by atoms with van der Waals surface area (Å²) in [6.07, 6.45) is 2.96. The SMILES string of the molecule is Cc1ccc2[nH]cc(CCN[C@H]3CC(=O)N(c4ccc(Cl)cc4)C3=O)c2c1. The molecule has 6 heteroatoms. The van der Waals surface area contributed by atoms with Gasteiger partial charge in [-0.05, 0) is 55.3 Å². The third-order valence-electron chi connectivity index (χ3n) is 4.94. The molecule has 1 aromatic heterocycles. The van der Waals surface area contributed by atoms with E-state index in [1.54, 1.807) is 24.3 Å². The molecule has 2 amide bonds. The van der Waals surface area contributed by atoms with Crippen LogP contribution in [0.15, 0.2) is 48.7 Å². The minimum absolute atomic E-state index is 0.175. The monoisotopic (exact) mass is 381 g/mol. The maximum absolute atomic E-state index is 12.7. The Balaban J connectivity index is 1.41. The van der Waals surface area contributed by atoms with Gasteiger partial charge in [0.25, 0.3) is 5.91 Å². The molecule has 1 saturated heterocycles. The molecule has 0 aliphatic carbocycles. The lowest BCUT2D eigenvalue weighted by Crippen LogP contribution is -2.39. The Hall–Kier alpha value is -2.63. The molecule has 1 aliphatic rings. The minimum Gasteiger partial charge on any atom is -0.361 e. The average Bonchev–Trinajstić information content (AvgIpc) is 3.17. The highest BCUT2D eigenvalue weighted by molar-refractivity contribution is 6.30. The van der Waals surface area contributed by atoms with Gasteiger partial charge in [0.1, 0.15) is 0 Å². The third-order valence-corrected chi connectivity index (χ3v) is 5.19. The highest BCUT2D eigenvalue weighted by atomic mass is 35.5. The summed E-state index contributed by atoms with van der Waals surface area (Å²) >= 11 is 5.89. The van der Waals surface area contributed by atoms with Crippen molar-refractivity contribution in [1.29, 1.82) is 0 Å². The molecule has 0 saturated carbocycles. The van der Waals surface area contributed by atoms with Crippen molar-refractivity contribution in [2.24, 2.45) is 0 Å². The number of aryl methyl sites for hydroxylation is 1. The first-order chi connectivity index (χ1) is 13.0. The molecule has 1 atom stereocenters. The largest absolute Gasteiger partial charge is 0.361 e. The quantitative estimate of drug-likeness (QED) is 0.664. The third kappa shape index (κ3) is 3.48. The summed E-state index contributed by atoms with van der Waals surface area (Å²) in [5, 5.41) is 5.01. The van der Waals surface area contributed by atoms with Gasteiger partial charge >= 0.3 is 0 Å². The Morgan fingerprint density at radius 2 is 1.96 bits per heavy atom. The number of carbonyl (C=O) groups is 2. The van der Waals surface area contributed by atoms with E-state index in [-0.39, 0.29) is 18.2 Å². The molecule has 1 aliphatic heterocycles. The molecule has 3 aromatic rings.